The van der Waals surface area contributed by atoms with E-state index in [2.05, 4.69) is 33.0 Å². The van der Waals surface area contributed by atoms with Gasteiger partial charge in [-0.15, -0.1) is 11.3 Å². The average Bonchev–Trinajstić information content (AvgIpc) is 3.28. The maximum Gasteiger partial charge on any atom is 0.314 e. The summed E-state index contributed by atoms with van der Waals surface area (Å²) in [6.07, 6.45) is 2.30. The van der Waals surface area contributed by atoms with Gasteiger partial charge in [-0.2, -0.15) is 0 Å². The maximum absolute atomic E-state index is 12.0. The number of morpholine rings is 1. The Hall–Kier alpha value is -1.15. The summed E-state index contributed by atoms with van der Waals surface area (Å²) < 4.78 is 11.0. The highest BCUT2D eigenvalue weighted by Gasteiger charge is 2.24. The van der Waals surface area contributed by atoms with E-state index in [9.17, 15) is 4.79 Å². The monoisotopic (exact) mass is 339 g/mol. The molecule has 128 valence electrons. The van der Waals surface area contributed by atoms with E-state index in [1.54, 1.807) is 11.3 Å². The highest BCUT2D eigenvalue weighted by Crippen LogP contribution is 2.25. The van der Waals surface area contributed by atoms with Crippen LogP contribution in [0.15, 0.2) is 17.5 Å². The van der Waals surface area contributed by atoms with Gasteiger partial charge in [-0.3, -0.25) is 4.90 Å². The Morgan fingerprint density at radius 2 is 2.22 bits per heavy atom. The number of nitrogens with one attached hydrogen (secondary N) is 2. The van der Waals surface area contributed by atoms with Crippen LogP contribution in [0.2, 0.25) is 0 Å². The van der Waals surface area contributed by atoms with E-state index < -0.39 is 0 Å². The SMILES string of the molecule is O=C(NC[C@@H]1CCCO1)NC[C@@H](c1cccs1)N1CCOCC1. The van der Waals surface area contributed by atoms with Crippen LogP contribution >= 0.6 is 11.3 Å². The standard InChI is InChI=1S/C16H25N3O3S/c20-16(17-11-13-3-1-7-22-13)18-12-14(15-4-2-10-23-15)19-5-8-21-9-6-19/h2,4,10,13-14H,1,3,5-9,11-12H2,(H2,17,18,20)/t13-,14-/m0/s1. The molecule has 2 fully saturated rings. The van der Waals surface area contributed by atoms with E-state index in [4.69, 9.17) is 9.47 Å². The van der Waals surface area contributed by atoms with Gasteiger partial charge in [0.1, 0.15) is 0 Å². The maximum atomic E-state index is 12.0. The molecule has 3 rings (SSSR count). The van der Waals surface area contributed by atoms with Crippen LogP contribution in [0, 0.1) is 0 Å². The smallest absolute Gasteiger partial charge is 0.314 e. The third-order valence-electron chi connectivity index (χ3n) is 4.33. The van der Waals surface area contributed by atoms with Crippen molar-refractivity contribution in [2.24, 2.45) is 0 Å². The van der Waals surface area contributed by atoms with Gasteiger partial charge < -0.3 is 20.1 Å². The van der Waals surface area contributed by atoms with Crippen molar-refractivity contribution in [2.75, 3.05) is 46.0 Å². The molecule has 0 unspecified atom stereocenters. The summed E-state index contributed by atoms with van der Waals surface area (Å²) in [4.78, 5) is 15.7. The lowest BCUT2D eigenvalue weighted by molar-refractivity contribution is 0.0174. The third-order valence-corrected chi connectivity index (χ3v) is 5.30. The zero-order valence-electron chi connectivity index (χ0n) is 13.3. The van der Waals surface area contributed by atoms with Crippen LogP contribution in [0.25, 0.3) is 0 Å². The van der Waals surface area contributed by atoms with Crippen molar-refractivity contribution in [3.8, 4) is 0 Å². The van der Waals surface area contributed by atoms with Crippen molar-refractivity contribution < 1.29 is 14.3 Å². The van der Waals surface area contributed by atoms with Crippen LogP contribution in [-0.2, 0) is 9.47 Å². The number of ether oxygens (including phenoxy) is 2. The minimum absolute atomic E-state index is 0.115. The zero-order chi connectivity index (χ0) is 15.9. The minimum atomic E-state index is -0.115. The van der Waals surface area contributed by atoms with Crippen molar-refractivity contribution in [3.63, 3.8) is 0 Å². The number of carbonyl (C=O) groups is 1. The van der Waals surface area contributed by atoms with Crippen LogP contribution in [0.3, 0.4) is 0 Å². The largest absolute Gasteiger partial charge is 0.379 e. The molecule has 0 aromatic carbocycles. The van der Waals surface area contributed by atoms with Crippen LogP contribution in [0.4, 0.5) is 4.79 Å². The Morgan fingerprint density at radius 3 is 2.91 bits per heavy atom. The summed E-state index contributed by atoms with van der Waals surface area (Å²) in [5, 5.41) is 8.01. The summed E-state index contributed by atoms with van der Waals surface area (Å²) in [6.45, 7) is 5.33. The van der Waals surface area contributed by atoms with Gasteiger partial charge in [0.15, 0.2) is 0 Å². The topological polar surface area (TPSA) is 62.8 Å². The lowest BCUT2D eigenvalue weighted by atomic mass is 10.2. The summed E-state index contributed by atoms with van der Waals surface area (Å²) >= 11 is 1.74. The van der Waals surface area contributed by atoms with Crippen molar-refractivity contribution in [1.29, 1.82) is 0 Å². The first kappa shape index (κ1) is 16.7. The molecular formula is C16H25N3O3S. The Labute approximate surface area is 141 Å². The number of rotatable bonds is 6. The number of thiophene rings is 1. The van der Waals surface area contributed by atoms with Crippen molar-refractivity contribution in [2.45, 2.75) is 25.0 Å². The van der Waals surface area contributed by atoms with Crippen LogP contribution in [0.5, 0.6) is 0 Å². The fourth-order valence-corrected chi connectivity index (χ4v) is 3.90. The second kappa shape index (κ2) is 8.63. The van der Waals surface area contributed by atoms with Crippen molar-refractivity contribution >= 4 is 17.4 Å². The van der Waals surface area contributed by atoms with E-state index in [1.807, 2.05) is 0 Å². The zero-order valence-corrected chi connectivity index (χ0v) is 14.1. The fourth-order valence-electron chi connectivity index (χ4n) is 3.04. The predicted molar refractivity (Wildman–Crippen MR) is 89.8 cm³/mol. The van der Waals surface area contributed by atoms with Crippen molar-refractivity contribution in [3.05, 3.63) is 22.4 Å². The van der Waals surface area contributed by atoms with E-state index in [-0.39, 0.29) is 18.2 Å². The minimum Gasteiger partial charge on any atom is -0.379 e. The molecule has 2 aliphatic rings. The first-order chi connectivity index (χ1) is 11.3. The van der Waals surface area contributed by atoms with Crippen LogP contribution in [-0.4, -0.2) is 63.0 Å². The molecule has 2 saturated heterocycles. The van der Waals surface area contributed by atoms with Gasteiger partial charge in [0.2, 0.25) is 0 Å². The molecule has 1 aromatic rings. The molecule has 2 amide bonds. The number of amides is 2. The molecule has 2 N–H and O–H groups in total. The molecule has 6 nitrogen and oxygen atoms in total. The molecule has 0 radical (unpaired) electrons. The first-order valence-electron chi connectivity index (χ1n) is 8.31. The van der Waals surface area contributed by atoms with E-state index in [1.165, 1.54) is 4.88 Å². The Kier molecular flexibility index (Phi) is 6.27. The fraction of sp³-hybridized carbons (Fsp3) is 0.688. The van der Waals surface area contributed by atoms with Gasteiger partial charge in [-0.05, 0) is 24.3 Å². The second-order valence-electron chi connectivity index (χ2n) is 5.91. The molecule has 7 heteroatoms. The summed E-state index contributed by atoms with van der Waals surface area (Å²) in [5.41, 5.74) is 0. The molecule has 0 spiro atoms. The molecule has 3 heterocycles. The van der Waals surface area contributed by atoms with Crippen LogP contribution < -0.4 is 10.6 Å². The van der Waals surface area contributed by atoms with Crippen molar-refractivity contribution in [1.82, 2.24) is 15.5 Å². The summed E-state index contributed by atoms with van der Waals surface area (Å²) in [6, 6.07) is 4.30. The van der Waals surface area contributed by atoms with Gasteiger partial charge in [-0.25, -0.2) is 4.79 Å². The number of nitrogens with zero attached hydrogens (tertiary/aromatic N) is 1. The second-order valence-corrected chi connectivity index (χ2v) is 6.88. The molecule has 23 heavy (non-hydrogen) atoms. The number of urea groups is 1. The average molecular weight is 339 g/mol. The number of carbonyl (C=O) groups excluding carboxylic acids is 1. The van der Waals surface area contributed by atoms with Gasteiger partial charge in [0.25, 0.3) is 0 Å². The molecule has 0 aliphatic carbocycles. The molecule has 2 atom stereocenters. The van der Waals surface area contributed by atoms with E-state index >= 15 is 0 Å². The predicted octanol–water partition coefficient (Wildman–Crippen LogP) is 1.60. The van der Waals surface area contributed by atoms with E-state index in [0.29, 0.717) is 13.1 Å². The molecule has 0 bridgehead atoms. The first-order valence-corrected chi connectivity index (χ1v) is 9.19. The van der Waals surface area contributed by atoms with Crippen LogP contribution in [0.1, 0.15) is 23.8 Å². The lowest BCUT2D eigenvalue weighted by Gasteiger charge is -2.34. The normalized spacial score (nSPS) is 23.6. The molecule has 2 aliphatic heterocycles. The number of hydrogen-bond donors (Lipinski definition) is 2. The quantitative estimate of drug-likeness (QED) is 0.826. The third kappa shape index (κ3) is 4.91. The van der Waals surface area contributed by atoms with Gasteiger partial charge in [-0.1, -0.05) is 6.07 Å². The Bertz CT molecular complexity index is 471. The van der Waals surface area contributed by atoms with Gasteiger partial charge >= 0.3 is 6.03 Å². The lowest BCUT2D eigenvalue weighted by Crippen LogP contribution is -2.46. The van der Waals surface area contributed by atoms with E-state index in [0.717, 1.165) is 45.8 Å². The summed E-state index contributed by atoms with van der Waals surface area (Å²) in [7, 11) is 0. The molecule has 1 aromatic heterocycles. The molecular weight excluding hydrogens is 314 g/mol. The molecule has 0 saturated carbocycles. The Morgan fingerprint density at radius 1 is 1.35 bits per heavy atom. The number of hydrogen-bond acceptors (Lipinski definition) is 5. The summed E-state index contributed by atoms with van der Waals surface area (Å²) in [5.74, 6) is 0. The highest BCUT2D eigenvalue weighted by molar-refractivity contribution is 7.10. The Balaban J connectivity index is 1.48. The van der Waals surface area contributed by atoms with Gasteiger partial charge in [0, 0.05) is 37.7 Å². The highest BCUT2D eigenvalue weighted by atomic mass is 32.1. The van der Waals surface area contributed by atoms with Gasteiger partial charge in [0.05, 0.1) is 25.4 Å².